The molecule has 0 saturated carbocycles. The van der Waals surface area contributed by atoms with Gasteiger partial charge in [0, 0.05) is 62.1 Å². The topological polar surface area (TPSA) is 70.8 Å². The molecule has 11 heteroatoms. The van der Waals surface area contributed by atoms with Gasteiger partial charge in [-0.3, -0.25) is 4.40 Å². The van der Waals surface area contributed by atoms with Gasteiger partial charge < -0.3 is 19.9 Å². The van der Waals surface area contributed by atoms with Crippen molar-refractivity contribution >= 4 is 23.0 Å². The summed E-state index contributed by atoms with van der Waals surface area (Å²) in [6, 6.07) is 9.92. The Hall–Kier alpha value is -3.86. The molecule has 0 radical (unpaired) electrons. The molecule has 0 aliphatic carbocycles. The van der Waals surface area contributed by atoms with Crippen LogP contribution in [0.3, 0.4) is 0 Å². The third-order valence-electron chi connectivity index (χ3n) is 6.11. The van der Waals surface area contributed by atoms with Crippen LogP contribution in [0, 0.1) is 0 Å². The fraction of sp³-hybridized carbons (Fsp3) is 0.320. The summed E-state index contributed by atoms with van der Waals surface area (Å²) in [5, 5.41) is 3.08. The summed E-state index contributed by atoms with van der Waals surface area (Å²) in [5.41, 5.74) is 2.72. The molecule has 5 rings (SSSR count). The summed E-state index contributed by atoms with van der Waals surface area (Å²) >= 11 is 0. The van der Waals surface area contributed by atoms with E-state index in [9.17, 15) is 13.2 Å². The normalized spacial score (nSPS) is 15.8. The Labute approximate surface area is 206 Å². The predicted molar refractivity (Wildman–Crippen MR) is 132 cm³/mol. The number of fused-ring (bicyclic) bond motifs is 1. The van der Waals surface area contributed by atoms with Crippen molar-refractivity contribution in [2.45, 2.75) is 19.2 Å². The Kier molecular flexibility index (Phi) is 6.40. The van der Waals surface area contributed by atoms with E-state index in [4.69, 9.17) is 0 Å². The largest absolute Gasteiger partial charge is 0.430 e. The lowest BCUT2D eigenvalue weighted by molar-refractivity contribution is -0.215. The molecule has 4 aromatic rings. The number of aromatic nitrogens is 4. The number of imidazole rings is 1. The van der Waals surface area contributed by atoms with Crippen molar-refractivity contribution in [3.8, 4) is 17.0 Å². The molecule has 0 amide bonds. The van der Waals surface area contributed by atoms with Gasteiger partial charge in [0.2, 0.25) is 6.17 Å². The van der Waals surface area contributed by atoms with E-state index in [2.05, 4.69) is 41.9 Å². The average molecular weight is 498 g/mol. The van der Waals surface area contributed by atoms with E-state index in [1.165, 1.54) is 18.2 Å². The van der Waals surface area contributed by atoms with Crippen LogP contribution in [-0.4, -0.2) is 69.8 Å². The van der Waals surface area contributed by atoms with Crippen LogP contribution in [0.15, 0.2) is 61.2 Å². The standard InChI is InChI=1S/C25H26F3N7O/c1-17(26)25(27,28)36-20-5-3-4-19(14-20)32-23-24-31-16-21(35(24)9-8-29-23)18-6-7-22(30-15-18)34-12-10-33(2)11-13-34/h3-9,14-17H,10-13H2,1-2H3,(H,29,32)/t17-/m1/s1. The number of piperazine rings is 1. The number of nitrogens with one attached hydrogen (secondary N) is 1. The molecule has 36 heavy (non-hydrogen) atoms. The Bertz CT molecular complexity index is 1340. The van der Waals surface area contributed by atoms with Gasteiger partial charge in [-0.05, 0) is 38.2 Å². The van der Waals surface area contributed by atoms with Crippen LogP contribution in [0.4, 0.5) is 30.5 Å². The number of rotatable bonds is 7. The molecule has 0 spiro atoms. The minimum Gasteiger partial charge on any atom is -0.430 e. The Morgan fingerprint density at radius 3 is 2.56 bits per heavy atom. The fourth-order valence-electron chi connectivity index (χ4n) is 3.99. The summed E-state index contributed by atoms with van der Waals surface area (Å²) in [7, 11) is 2.12. The number of hydrogen-bond acceptors (Lipinski definition) is 7. The van der Waals surface area contributed by atoms with Crippen LogP contribution in [-0.2, 0) is 0 Å². The number of likely N-dealkylation sites (N-methyl/N-ethyl adjacent to an activating group) is 1. The maximum atomic E-state index is 13.7. The first-order valence-electron chi connectivity index (χ1n) is 11.6. The molecule has 3 aromatic heterocycles. The van der Waals surface area contributed by atoms with Crippen LogP contribution >= 0.6 is 0 Å². The van der Waals surface area contributed by atoms with E-state index in [1.54, 1.807) is 24.7 Å². The van der Waals surface area contributed by atoms with Crippen LogP contribution in [0.5, 0.6) is 5.75 Å². The smallest absolute Gasteiger partial charge is 0.429 e. The van der Waals surface area contributed by atoms with E-state index >= 15 is 0 Å². The van der Waals surface area contributed by atoms with Crippen LogP contribution < -0.4 is 15.0 Å². The van der Waals surface area contributed by atoms with Crippen molar-refractivity contribution in [3.63, 3.8) is 0 Å². The molecule has 188 valence electrons. The second-order valence-electron chi connectivity index (χ2n) is 8.74. The van der Waals surface area contributed by atoms with E-state index in [1.807, 2.05) is 22.7 Å². The Balaban J connectivity index is 1.37. The highest BCUT2D eigenvalue weighted by atomic mass is 19.3. The van der Waals surface area contributed by atoms with Crippen molar-refractivity contribution < 1.29 is 17.9 Å². The molecule has 4 heterocycles. The average Bonchev–Trinajstić information content (AvgIpc) is 3.30. The maximum absolute atomic E-state index is 13.7. The van der Waals surface area contributed by atoms with Crippen LogP contribution in [0.25, 0.3) is 16.9 Å². The lowest BCUT2D eigenvalue weighted by Crippen LogP contribution is -2.44. The highest BCUT2D eigenvalue weighted by Crippen LogP contribution is 2.30. The van der Waals surface area contributed by atoms with Gasteiger partial charge in [-0.2, -0.15) is 8.78 Å². The lowest BCUT2D eigenvalue weighted by Gasteiger charge is -2.33. The van der Waals surface area contributed by atoms with Gasteiger partial charge in [-0.15, -0.1) is 0 Å². The fourth-order valence-corrected chi connectivity index (χ4v) is 3.99. The van der Waals surface area contributed by atoms with Crippen molar-refractivity contribution in [2.24, 2.45) is 0 Å². The molecule has 8 nitrogen and oxygen atoms in total. The zero-order valence-corrected chi connectivity index (χ0v) is 19.9. The van der Waals surface area contributed by atoms with Gasteiger partial charge in [-0.1, -0.05) is 6.07 Å². The van der Waals surface area contributed by atoms with Crippen LogP contribution in [0.2, 0.25) is 0 Å². The zero-order valence-electron chi connectivity index (χ0n) is 19.9. The van der Waals surface area contributed by atoms with Gasteiger partial charge >= 0.3 is 6.11 Å². The number of benzene rings is 1. The molecule has 1 atom stereocenters. The summed E-state index contributed by atoms with van der Waals surface area (Å²) in [6.45, 7) is 4.64. The lowest BCUT2D eigenvalue weighted by atomic mass is 10.2. The van der Waals surface area contributed by atoms with Crippen molar-refractivity contribution in [1.82, 2.24) is 24.3 Å². The quantitative estimate of drug-likeness (QED) is 0.400. The molecule has 1 aliphatic heterocycles. The SMILES string of the molecule is C[C@@H](F)C(F)(F)Oc1cccc(Nc2nccn3c(-c4ccc(N5CCN(C)CC5)nc4)cnc23)c1. The van der Waals surface area contributed by atoms with Gasteiger partial charge in [0.05, 0.1) is 11.9 Å². The molecule has 1 aliphatic rings. The first-order valence-corrected chi connectivity index (χ1v) is 11.6. The third-order valence-corrected chi connectivity index (χ3v) is 6.11. The summed E-state index contributed by atoms with van der Waals surface area (Å²) in [5.74, 6) is 1.20. The molecule has 1 saturated heterocycles. The Morgan fingerprint density at radius 1 is 1.03 bits per heavy atom. The van der Waals surface area contributed by atoms with Crippen LogP contribution in [0.1, 0.15) is 6.92 Å². The third kappa shape index (κ3) is 4.92. The minimum absolute atomic E-state index is 0.169. The highest BCUT2D eigenvalue weighted by molar-refractivity contribution is 5.74. The predicted octanol–water partition coefficient (Wildman–Crippen LogP) is 4.62. The number of ether oxygens (including phenoxy) is 1. The van der Waals surface area contributed by atoms with E-state index in [0.29, 0.717) is 17.2 Å². The molecule has 1 fully saturated rings. The Morgan fingerprint density at radius 2 is 1.83 bits per heavy atom. The molecule has 1 N–H and O–H groups in total. The number of halogens is 3. The number of pyridine rings is 1. The van der Waals surface area contributed by atoms with Gasteiger partial charge in [0.25, 0.3) is 0 Å². The van der Waals surface area contributed by atoms with E-state index in [-0.39, 0.29) is 5.75 Å². The van der Waals surface area contributed by atoms with E-state index < -0.39 is 12.3 Å². The molecule has 1 aromatic carbocycles. The monoisotopic (exact) mass is 497 g/mol. The maximum Gasteiger partial charge on any atom is 0.429 e. The van der Waals surface area contributed by atoms with Crippen molar-refractivity contribution in [2.75, 3.05) is 43.4 Å². The van der Waals surface area contributed by atoms with Crippen molar-refractivity contribution in [3.05, 3.63) is 61.2 Å². The second kappa shape index (κ2) is 9.65. The molecule has 0 unspecified atom stereocenters. The number of nitrogens with zero attached hydrogens (tertiary/aromatic N) is 6. The summed E-state index contributed by atoms with van der Waals surface area (Å²) in [4.78, 5) is 18.1. The van der Waals surface area contributed by atoms with Gasteiger partial charge in [-0.25, -0.2) is 19.3 Å². The highest BCUT2D eigenvalue weighted by Gasteiger charge is 2.39. The van der Waals surface area contributed by atoms with Crippen molar-refractivity contribution in [1.29, 1.82) is 0 Å². The molecular weight excluding hydrogens is 471 g/mol. The second-order valence-corrected chi connectivity index (χ2v) is 8.74. The number of anilines is 3. The van der Waals surface area contributed by atoms with Gasteiger partial charge in [0.1, 0.15) is 11.6 Å². The first-order chi connectivity index (χ1) is 17.3. The summed E-state index contributed by atoms with van der Waals surface area (Å²) in [6.07, 6.45) is 0.599. The molecule has 0 bridgehead atoms. The minimum atomic E-state index is -3.93. The summed E-state index contributed by atoms with van der Waals surface area (Å²) < 4.78 is 46.9. The number of alkyl halides is 3. The molecular formula is C25H26F3N7O. The first kappa shape index (κ1) is 23.9. The zero-order chi connectivity index (χ0) is 25.3. The number of hydrogen-bond donors (Lipinski definition) is 1. The van der Waals surface area contributed by atoms with E-state index in [0.717, 1.165) is 50.2 Å². The van der Waals surface area contributed by atoms with Gasteiger partial charge in [0.15, 0.2) is 11.5 Å².